The highest BCUT2D eigenvalue weighted by Gasteiger charge is 2.15. The first-order valence-electron chi connectivity index (χ1n) is 5.43. The Kier molecular flexibility index (Phi) is 2.79. The number of ketones is 1. The number of hydrogen-bond acceptors (Lipinski definition) is 1. The van der Waals surface area contributed by atoms with Gasteiger partial charge in [0.25, 0.3) is 0 Å². The van der Waals surface area contributed by atoms with Gasteiger partial charge in [-0.2, -0.15) is 0 Å². The van der Waals surface area contributed by atoms with Crippen molar-refractivity contribution in [1.82, 2.24) is 0 Å². The van der Waals surface area contributed by atoms with Crippen molar-refractivity contribution >= 4 is 33.9 Å². The van der Waals surface area contributed by atoms with Gasteiger partial charge in [0.05, 0.1) is 0 Å². The molecule has 16 heavy (non-hydrogen) atoms. The molecule has 0 unspecified atom stereocenters. The zero-order valence-electron chi connectivity index (χ0n) is 9.80. The Morgan fingerprint density at radius 1 is 1.25 bits per heavy atom. The van der Waals surface area contributed by atoms with Crippen LogP contribution in [0, 0.1) is 0 Å². The normalized spacial score (nSPS) is 15.1. The van der Waals surface area contributed by atoms with Crippen LogP contribution in [-0.4, -0.2) is 5.78 Å². The van der Waals surface area contributed by atoms with Gasteiger partial charge in [-0.3, -0.25) is 4.79 Å². The van der Waals surface area contributed by atoms with Crippen molar-refractivity contribution in [2.75, 3.05) is 0 Å². The van der Waals surface area contributed by atoms with E-state index in [1.807, 2.05) is 6.08 Å². The van der Waals surface area contributed by atoms with Crippen LogP contribution in [0.15, 0.2) is 16.6 Å². The van der Waals surface area contributed by atoms with Crippen LogP contribution in [0.2, 0.25) is 0 Å². The van der Waals surface area contributed by atoms with Gasteiger partial charge in [-0.1, -0.05) is 48.8 Å². The highest BCUT2D eigenvalue weighted by molar-refractivity contribution is 9.10. The summed E-state index contributed by atoms with van der Waals surface area (Å²) < 4.78 is 1.08. The lowest BCUT2D eigenvalue weighted by atomic mass is 9.86. The molecule has 1 aliphatic rings. The fourth-order valence-corrected chi connectivity index (χ4v) is 2.48. The van der Waals surface area contributed by atoms with Crippen molar-refractivity contribution in [3.8, 4) is 0 Å². The molecule has 1 nitrogen and oxygen atoms in total. The second kappa shape index (κ2) is 3.85. The number of fused-ring (bicyclic) bond motifs is 1. The van der Waals surface area contributed by atoms with Crippen LogP contribution in [0.1, 0.15) is 32.8 Å². The first-order chi connectivity index (χ1) is 7.38. The van der Waals surface area contributed by atoms with Crippen molar-refractivity contribution in [2.45, 2.75) is 32.6 Å². The molecule has 0 aliphatic heterocycles. The summed E-state index contributed by atoms with van der Waals surface area (Å²) in [7, 11) is 0. The van der Waals surface area contributed by atoms with Crippen LogP contribution >= 0.6 is 15.9 Å². The molecular formula is C14H15BrO. The van der Waals surface area contributed by atoms with Crippen molar-refractivity contribution in [1.29, 1.82) is 0 Å². The first-order valence-corrected chi connectivity index (χ1v) is 6.22. The largest absolute Gasteiger partial charge is 0.294 e. The van der Waals surface area contributed by atoms with E-state index in [2.05, 4.69) is 48.8 Å². The molecule has 1 aliphatic carbocycles. The standard InChI is InChI=1S/C14H15BrO/c1-14(2,3)10-6-9-7-11(16)4-5-12(9)13(15)8-10/h5-8H,4H2,1-3H3. The van der Waals surface area contributed by atoms with Gasteiger partial charge in [0.1, 0.15) is 0 Å². The van der Waals surface area contributed by atoms with Crippen molar-refractivity contribution in [2.24, 2.45) is 0 Å². The fourth-order valence-electron chi connectivity index (χ4n) is 1.84. The van der Waals surface area contributed by atoms with Gasteiger partial charge in [0.2, 0.25) is 0 Å². The third-order valence-electron chi connectivity index (χ3n) is 2.85. The molecule has 0 atom stereocenters. The molecule has 0 bridgehead atoms. The summed E-state index contributed by atoms with van der Waals surface area (Å²) in [6, 6.07) is 4.27. The van der Waals surface area contributed by atoms with E-state index in [0.29, 0.717) is 6.42 Å². The van der Waals surface area contributed by atoms with E-state index in [4.69, 9.17) is 0 Å². The van der Waals surface area contributed by atoms with E-state index >= 15 is 0 Å². The van der Waals surface area contributed by atoms with Gasteiger partial charge in [-0.15, -0.1) is 0 Å². The summed E-state index contributed by atoms with van der Waals surface area (Å²) >= 11 is 3.58. The molecule has 0 spiro atoms. The average Bonchev–Trinajstić information content (AvgIpc) is 2.15. The number of hydrogen-bond donors (Lipinski definition) is 0. The van der Waals surface area contributed by atoms with Gasteiger partial charge in [-0.05, 0) is 33.6 Å². The molecule has 0 amide bonds. The van der Waals surface area contributed by atoms with Gasteiger partial charge in [0, 0.05) is 10.9 Å². The number of Topliss-reactive ketones (excluding diaryl/α,β-unsaturated/α-hetero) is 1. The smallest absolute Gasteiger partial charge is 0.160 e. The second-order valence-electron chi connectivity index (χ2n) is 5.23. The zero-order valence-corrected chi connectivity index (χ0v) is 11.4. The second-order valence-corrected chi connectivity index (χ2v) is 6.08. The van der Waals surface area contributed by atoms with Crippen LogP contribution in [0.4, 0.5) is 0 Å². The Labute approximate surface area is 104 Å². The highest BCUT2D eigenvalue weighted by atomic mass is 79.9. The van der Waals surface area contributed by atoms with Crippen LogP contribution < -0.4 is 10.4 Å². The monoisotopic (exact) mass is 278 g/mol. The summed E-state index contributed by atoms with van der Waals surface area (Å²) in [4.78, 5) is 11.4. The summed E-state index contributed by atoms with van der Waals surface area (Å²) in [6.45, 7) is 6.53. The minimum atomic E-state index is 0.103. The lowest BCUT2D eigenvalue weighted by Gasteiger charge is -2.20. The Morgan fingerprint density at radius 3 is 2.56 bits per heavy atom. The lowest BCUT2D eigenvalue weighted by molar-refractivity contribution is -0.112. The number of carbonyl (C=O) groups is 1. The quantitative estimate of drug-likeness (QED) is 0.712. The van der Waals surface area contributed by atoms with E-state index in [1.54, 1.807) is 6.08 Å². The summed E-state index contributed by atoms with van der Waals surface area (Å²) in [6.07, 6.45) is 4.25. The van der Waals surface area contributed by atoms with E-state index in [0.717, 1.165) is 14.9 Å². The number of carbonyl (C=O) groups excluding carboxylic acids is 1. The third-order valence-corrected chi connectivity index (χ3v) is 3.51. The van der Waals surface area contributed by atoms with Crippen molar-refractivity contribution in [3.05, 3.63) is 32.6 Å². The van der Waals surface area contributed by atoms with Gasteiger partial charge >= 0.3 is 0 Å². The van der Waals surface area contributed by atoms with Gasteiger partial charge in [-0.25, -0.2) is 0 Å². The SMILES string of the molecule is CC(C)(C)c1cc(Br)c2c(c1)=CC(=O)CC=2. The van der Waals surface area contributed by atoms with Crippen molar-refractivity contribution < 1.29 is 4.79 Å². The molecule has 2 rings (SSSR count). The van der Waals surface area contributed by atoms with Crippen LogP contribution in [0.3, 0.4) is 0 Å². The molecule has 0 heterocycles. The van der Waals surface area contributed by atoms with Crippen LogP contribution in [0.25, 0.3) is 12.2 Å². The van der Waals surface area contributed by atoms with Gasteiger partial charge in [0.15, 0.2) is 5.78 Å². The molecule has 0 N–H and O–H groups in total. The minimum absolute atomic E-state index is 0.103. The molecule has 1 aromatic carbocycles. The van der Waals surface area contributed by atoms with Crippen LogP contribution in [0.5, 0.6) is 0 Å². The van der Waals surface area contributed by atoms with Crippen LogP contribution in [-0.2, 0) is 10.2 Å². The Morgan fingerprint density at radius 2 is 1.94 bits per heavy atom. The molecule has 0 saturated heterocycles. The zero-order chi connectivity index (χ0) is 11.9. The average molecular weight is 279 g/mol. The number of halogens is 1. The summed E-state index contributed by atoms with van der Waals surface area (Å²) in [5.41, 5.74) is 1.35. The Balaban J connectivity index is 2.76. The highest BCUT2D eigenvalue weighted by Crippen LogP contribution is 2.22. The molecule has 2 heteroatoms. The fraction of sp³-hybridized carbons (Fsp3) is 0.357. The van der Waals surface area contributed by atoms with Crippen molar-refractivity contribution in [3.63, 3.8) is 0 Å². The predicted molar refractivity (Wildman–Crippen MR) is 70.6 cm³/mol. The van der Waals surface area contributed by atoms with E-state index in [9.17, 15) is 4.79 Å². The summed E-state index contributed by atoms with van der Waals surface area (Å²) in [5.74, 6) is 0.186. The molecule has 1 aromatic rings. The molecule has 0 radical (unpaired) electrons. The molecule has 0 fully saturated rings. The number of rotatable bonds is 0. The Hall–Kier alpha value is -0.890. The minimum Gasteiger partial charge on any atom is -0.294 e. The maximum absolute atomic E-state index is 11.4. The maximum Gasteiger partial charge on any atom is 0.160 e. The lowest BCUT2D eigenvalue weighted by Crippen LogP contribution is -2.32. The van der Waals surface area contributed by atoms with Gasteiger partial charge < -0.3 is 0 Å². The van der Waals surface area contributed by atoms with E-state index in [1.165, 1.54) is 5.56 Å². The molecule has 84 valence electrons. The third kappa shape index (κ3) is 2.12. The topological polar surface area (TPSA) is 17.1 Å². The number of benzene rings is 1. The predicted octanol–water partition coefficient (Wildman–Crippen LogP) is 2.28. The molecule has 0 aromatic heterocycles. The maximum atomic E-state index is 11.4. The first kappa shape index (κ1) is 11.6. The van der Waals surface area contributed by atoms with E-state index < -0.39 is 0 Å². The molecule has 0 saturated carbocycles. The van der Waals surface area contributed by atoms with E-state index in [-0.39, 0.29) is 11.2 Å². The molecular weight excluding hydrogens is 264 g/mol. The summed E-state index contributed by atoms with van der Waals surface area (Å²) in [5, 5.41) is 2.18. The Bertz CT molecular complexity index is 562.